The van der Waals surface area contributed by atoms with E-state index in [0.717, 1.165) is 31.7 Å². The molecule has 0 atom stereocenters. The molecule has 0 aliphatic carbocycles. The van der Waals surface area contributed by atoms with Crippen LogP contribution in [0.5, 0.6) is 0 Å². The highest BCUT2D eigenvalue weighted by atomic mass is 35.5. The highest BCUT2D eigenvalue weighted by Crippen LogP contribution is 2.24. The Morgan fingerprint density at radius 3 is 2.35 bits per heavy atom. The van der Waals surface area contributed by atoms with Crippen molar-refractivity contribution < 1.29 is 0 Å². The molecule has 0 saturated carbocycles. The molecule has 3 rings (SSSR count). The molecule has 2 aromatic rings. The minimum absolute atomic E-state index is 0.552. The molecule has 5 heteroatoms. The van der Waals surface area contributed by atoms with Crippen LogP contribution < -0.4 is 4.90 Å². The van der Waals surface area contributed by atoms with Gasteiger partial charge >= 0.3 is 0 Å². The molecule has 0 N–H and O–H groups in total. The summed E-state index contributed by atoms with van der Waals surface area (Å²) < 4.78 is 0. The van der Waals surface area contributed by atoms with E-state index in [4.69, 9.17) is 23.2 Å². The Morgan fingerprint density at radius 2 is 1.65 bits per heavy atom. The molecule has 23 heavy (non-hydrogen) atoms. The molecule has 2 aromatic carbocycles. The van der Waals surface area contributed by atoms with Crippen molar-refractivity contribution in [2.45, 2.75) is 6.92 Å². The molecule has 1 saturated heterocycles. The first-order valence-corrected chi connectivity index (χ1v) is 8.43. The van der Waals surface area contributed by atoms with E-state index >= 15 is 0 Å². The monoisotopic (exact) mass is 347 g/mol. The molecule has 3 nitrogen and oxygen atoms in total. The summed E-state index contributed by atoms with van der Waals surface area (Å²) in [6.45, 7) is 5.82. The van der Waals surface area contributed by atoms with Crippen molar-refractivity contribution in [1.29, 1.82) is 0 Å². The van der Waals surface area contributed by atoms with Crippen molar-refractivity contribution in [3.05, 3.63) is 63.6 Å². The summed E-state index contributed by atoms with van der Waals surface area (Å²) in [5, 5.41) is 7.71. The number of benzene rings is 2. The lowest BCUT2D eigenvalue weighted by Gasteiger charge is -2.34. The maximum atomic E-state index is 6.18. The lowest BCUT2D eigenvalue weighted by Crippen LogP contribution is -2.44. The third kappa shape index (κ3) is 3.98. The largest absolute Gasteiger partial charge is 0.368 e. The normalized spacial score (nSPS) is 15.4. The van der Waals surface area contributed by atoms with Crippen molar-refractivity contribution in [1.82, 2.24) is 5.01 Å². The SMILES string of the molecule is Cc1ccc(N2CCN(N=Cc3cccc(Cl)c3Cl)CC2)cc1. The molecule has 120 valence electrons. The van der Waals surface area contributed by atoms with Crippen molar-refractivity contribution in [2.75, 3.05) is 31.1 Å². The van der Waals surface area contributed by atoms with Gasteiger partial charge in [0.25, 0.3) is 0 Å². The summed E-state index contributed by atoms with van der Waals surface area (Å²) in [5.74, 6) is 0. The van der Waals surface area contributed by atoms with Crippen molar-refractivity contribution in [2.24, 2.45) is 5.10 Å². The third-order valence-electron chi connectivity index (χ3n) is 4.00. The van der Waals surface area contributed by atoms with Gasteiger partial charge in [0, 0.05) is 24.3 Å². The summed E-state index contributed by atoms with van der Waals surface area (Å²) in [6, 6.07) is 14.2. The minimum Gasteiger partial charge on any atom is -0.368 e. The van der Waals surface area contributed by atoms with Gasteiger partial charge in [0.15, 0.2) is 0 Å². The lowest BCUT2D eigenvalue weighted by molar-refractivity contribution is 0.272. The summed E-state index contributed by atoms with van der Waals surface area (Å²) >= 11 is 12.2. The van der Waals surface area contributed by atoms with Crippen LogP contribution in [0.25, 0.3) is 0 Å². The van der Waals surface area contributed by atoms with E-state index in [1.54, 1.807) is 12.3 Å². The Hall–Kier alpha value is -1.71. The maximum absolute atomic E-state index is 6.18. The van der Waals surface area contributed by atoms with Gasteiger partial charge < -0.3 is 4.90 Å². The number of nitrogens with zero attached hydrogens (tertiary/aromatic N) is 3. The van der Waals surface area contributed by atoms with Gasteiger partial charge in [0.1, 0.15) is 0 Å². The average Bonchev–Trinajstić information content (AvgIpc) is 2.57. The zero-order valence-electron chi connectivity index (χ0n) is 13.0. The van der Waals surface area contributed by atoms with Crippen LogP contribution in [0.1, 0.15) is 11.1 Å². The van der Waals surface area contributed by atoms with E-state index in [-0.39, 0.29) is 0 Å². The maximum Gasteiger partial charge on any atom is 0.0680 e. The van der Waals surface area contributed by atoms with Crippen LogP contribution in [0.15, 0.2) is 47.6 Å². The van der Waals surface area contributed by atoms with Crippen LogP contribution in [0.2, 0.25) is 10.0 Å². The van der Waals surface area contributed by atoms with Gasteiger partial charge in [-0.25, -0.2) is 0 Å². The first-order chi connectivity index (χ1) is 11.1. The lowest BCUT2D eigenvalue weighted by atomic mass is 10.2. The van der Waals surface area contributed by atoms with E-state index in [1.165, 1.54) is 11.3 Å². The van der Waals surface area contributed by atoms with E-state index in [0.29, 0.717) is 10.0 Å². The number of hydrogen-bond donors (Lipinski definition) is 0. The summed E-state index contributed by atoms with van der Waals surface area (Å²) in [5.41, 5.74) is 3.41. The summed E-state index contributed by atoms with van der Waals surface area (Å²) in [4.78, 5) is 2.39. The quantitative estimate of drug-likeness (QED) is 0.763. The molecule has 1 aliphatic heterocycles. The summed E-state index contributed by atoms with van der Waals surface area (Å²) in [7, 11) is 0. The highest BCUT2D eigenvalue weighted by molar-refractivity contribution is 6.43. The fourth-order valence-corrected chi connectivity index (χ4v) is 2.95. The Balaban J connectivity index is 1.60. The molecule has 1 fully saturated rings. The fourth-order valence-electron chi connectivity index (χ4n) is 2.59. The molecule has 0 aromatic heterocycles. The van der Waals surface area contributed by atoms with Gasteiger partial charge in [-0.05, 0) is 25.1 Å². The molecule has 0 bridgehead atoms. The second-order valence-corrected chi connectivity index (χ2v) is 6.45. The zero-order chi connectivity index (χ0) is 16.2. The molecule has 0 radical (unpaired) electrons. The van der Waals surface area contributed by atoms with Gasteiger partial charge in [0.05, 0.1) is 29.3 Å². The van der Waals surface area contributed by atoms with Crippen LogP contribution in [-0.2, 0) is 0 Å². The highest BCUT2D eigenvalue weighted by Gasteiger charge is 2.15. The van der Waals surface area contributed by atoms with E-state index in [2.05, 4.69) is 46.2 Å². The van der Waals surface area contributed by atoms with Crippen LogP contribution in [0, 0.1) is 6.92 Å². The third-order valence-corrected chi connectivity index (χ3v) is 4.83. The molecule has 0 unspecified atom stereocenters. The van der Waals surface area contributed by atoms with E-state index in [9.17, 15) is 0 Å². The molecule has 0 amide bonds. The van der Waals surface area contributed by atoms with Gasteiger partial charge in [0.2, 0.25) is 0 Å². The van der Waals surface area contributed by atoms with Crippen LogP contribution in [0.4, 0.5) is 5.69 Å². The molecule has 1 aliphatic rings. The minimum atomic E-state index is 0.552. The van der Waals surface area contributed by atoms with Crippen LogP contribution in [0.3, 0.4) is 0 Å². The summed E-state index contributed by atoms with van der Waals surface area (Å²) in [6.07, 6.45) is 1.79. The molecular formula is C18H19Cl2N3. The molecule has 1 heterocycles. The number of hydrogen-bond acceptors (Lipinski definition) is 3. The average molecular weight is 348 g/mol. The van der Waals surface area contributed by atoms with Crippen LogP contribution in [-0.4, -0.2) is 37.4 Å². The van der Waals surface area contributed by atoms with E-state index < -0.39 is 0 Å². The number of hydrazone groups is 1. The number of aryl methyl sites for hydroxylation is 1. The zero-order valence-corrected chi connectivity index (χ0v) is 14.6. The van der Waals surface area contributed by atoms with E-state index in [1.807, 2.05) is 12.1 Å². The Morgan fingerprint density at radius 1 is 0.957 bits per heavy atom. The Kier molecular flexibility index (Phi) is 5.09. The molecule has 0 spiro atoms. The van der Waals surface area contributed by atoms with Crippen molar-refractivity contribution in [3.63, 3.8) is 0 Å². The van der Waals surface area contributed by atoms with Gasteiger partial charge in [-0.15, -0.1) is 0 Å². The smallest absolute Gasteiger partial charge is 0.0680 e. The van der Waals surface area contributed by atoms with Crippen molar-refractivity contribution >= 4 is 35.1 Å². The van der Waals surface area contributed by atoms with Gasteiger partial charge in [-0.1, -0.05) is 53.0 Å². The number of piperazine rings is 1. The number of rotatable bonds is 3. The second-order valence-electron chi connectivity index (χ2n) is 5.66. The second kappa shape index (κ2) is 7.24. The number of halogens is 2. The molecular weight excluding hydrogens is 329 g/mol. The predicted octanol–water partition coefficient (Wildman–Crippen LogP) is 4.46. The standard InChI is InChI=1S/C18H19Cl2N3/c1-14-5-7-16(8-6-14)22-9-11-23(12-10-22)21-13-15-3-2-4-17(19)18(15)20/h2-8,13H,9-12H2,1H3. The number of anilines is 1. The topological polar surface area (TPSA) is 18.8 Å². The predicted molar refractivity (Wildman–Crippen MR) is 99.0 cm³/mol. The van der Waals surface area contributed by atoms with Crippen LogP contribution >= 0.6 is 23.2 Å². The Labute approximate surface area is 147 Å². The Bertz CT molecular complexity index is 690. The van der Waals surface area contributed by atoms with Gasteiger partial charge in [-0.2, -0.15) is 5.10 Å². The first kappa shape index (κ1) is 16.2. The van der Waals surface area contributed by atoms with Gasteiger partial charge in [-0.3, -0.25) is 5.01 Å². The first-order valence-electron chi connectivity index (χ1n) is 7.68. The fraction of sp³-hybridized carbons (Fsp3) is 0.278. The van der Waals surface area contributed by atoms with Crippen molar-refractivity contribution in [3.8, 4) is 0 Å².